The van der Waals surface area contributed by atoms with Crippen molar-refractivity contribution in [1.29, 1.82) is 0 Å². The van der Waals surface area contributed by atoms with Crippen LogP contribution < -0.4 is 4.72 Å². The summed E-state index contributed by atoms with van der Waals surface area (Å²) in [7, 11) is -3.55. The maximum Gasteiger partial charge on any atom is 0.209 e. The third-order valence-corrected chi connectivity index (χ3v) is 6.34. The smallest absolute Gasteiger partial charge is 0.209 e. The molecule has 0 unspecified atom stereocenters. The highest BCUT2D eigenvalue weighted by atomic mass is 32.2. The molecule has 1 aliphatic heterocycles. The summed E-state index contributed by atoms with van der Waals surface area (Å²) in [5.41, 5.74) is -0.631. The largest absolute Gasteiger partial charge is 0.394 e. The van der Waals surface area contributed by atoms with Gasteiger partial charge in [0.25, 0.3) is 0 Å². The van der Waals surface area contributed by atoms with Crippen LogP contribution in [-0.2, 0) is 14.8 Å². The summed E-state index contributed by atoms with van der Waals surface area (Å²) in [6.45, 7) is -0.425. The van der Waals surface area contributed by atoms with Gasteiger partial charge in [0.1, 0.15) is 23.7 Å². The van der Waals surface area contributed by atoms with Crippen molar-refractivity contribution in [1.82, 2.24) is 4.72 Å². The van der Waals surface area contributed by atoms with Gasteiger partial charge in [0.15, 0.2) is 0 Å². The second-order valence-corrected chi connectivity index (χ2v) is 9.20. The summed E-state index contributed by atoms with van der Waals surface area (Å²) in [6, 6.07) is -0.931. The van der Waals surface area contributed by atoms with E-state index in [4.69, 9.17) is 4.74 Å². The van der Waals surface area contributed by atoms with Crippen LogP contribution in [0.4, 0.5) is 0 Å². The molecule has 1 heterocycles. The van der Waals surface area contributed by atoms with Gasteiger partial charge in [0, 0.05) is 5.25 Å². The van der Waals surface area contributed by atoms with Crippen LogP contribution >= 0.6 is 11.8 Å². The van der Waals surface area contributed by atoms with Gasteiger partial charge >= 0.3 is 0 Å². The van der Waals surface area contributed by atoms with Crippen LogP contribution in [0.2, 0.25) is 0 Å². The van der Waals surface area contributed by atoms with Crippen LogP contribution in [0.3, 0.4) is 0 Å². The van der Waals surface area contributed by atoms with Gasteiger partial charge in [-0.25, -0.2) is 13.1 Å². The van der Waals surface area contributed by atoms with E-state index < -0.39 is 46.4 Å². The molecular weight excluding hydrogens is 330 g/mol. The normalized spacial score (nSPS) is 38.1. The Morgan fingerprint density at radius 2 is 1.82 bits per heavy atom. The Morgan fingerprint density at radius 1 is 1.18 bits per heavy atom. The van der Waals surface area contributed by atoms with Crippen molar-refractivity contribution in [3.8, 4) is 0 Å². The van der Waals surface area contributed by atoms with Crippen LogP contribution in [-0.4, -0.2) is 71.6 Å². The first-order valence-electron chi connectivity index (χ1n) is 7.57. The maximum atomic E-state index is 11.5. The van der Waals surface area contributed by atoms with E-state index in [1.54, 1.807) is 0 Å². The van der Waals surface area contributed by atoms with Crippen LogP contribution in [0.1, 0.15) is 32.1 Å². The second-order valence-electron chi connectivity index (χ2n) is 6.02. The molecule has 2 aliphatic rings. The lowest BCUT2D eigenvalue weighted by Crippen LogP contribution is -2.63. The fourth-order valence-electron chi connectivity index (χ4n) is 2.96. The molecule has 0 radical (unpaired) electrons. The Hall–Kier alpha value is 0.1000. The number of aliphatic hydroxyl groups is 3. The number of hydrogen-bond donors (Lipinski definition) is 4. The molecule has 2 fully saturated rings. The number of sulfonamides is 1. The Bertz CT molecular complexity index is 453. The first-order valence-corrected chi connectivity index (χ1v) is 10.4. The predicted octanol–water partition coefficient (Wildman–Crippen LogP) is -0.591. The van der Waals surface area contributed by atoms with Crippen molar-refractivity contribution >= 4 is 21.8 Å². The number of hydrogen-bond acceptors (Lipinski definition) is 7. The van der Waals surface area contributed by atoms with Crippen molar-refractivity contribution in [3.05, 3.63) is 0 Å². The van der Waals surface area contributed by atoms with E-state index in [1.165, 1.54) is 18.2 Å². The monoisotopic (exact) mass is 355 g/mol. The molecule has 130 valence electrons. The molecule has 7 nitrogen and oxygen atoms in total. The molecule has 2 rings (SSSR count). The van der Waals surface area contributed by atoms with Crippen LogP contribution in [0.15, 0.2) is 0 Å². The van der Waals surface area contributed by atoms with Gasteiger partial charge in [-0.05, 0) is 12.8 Å². The Morgan fingerprint density at radius 3 is 2.36 bits per heavy atom. The zero-order chi connectivity index (χ0) is 16.3. The van der Waals surface area contributed by atoms with Crippen molar-refractivity contribution < 1.29 is 28.5 Å². The lowest BCUT2D eigenvalue weighted by atomic mass is 9.99. The first kappa shape index (κ1) is 18.4. The van der Waals surface area contributed by atoms with Gasteiger partial charge in [-0.3, -0.25) is 0 Å². The van der Waals surface area contributed by atoms with E-state index in [-0.39, 0.29) is 0 Å². The van der Waals surface area contributed by atoms with Gasteiger partial charge < -0.3 is 20.1 Å². The number of rotatable bonds is 5. The van der Waals surface area contributed by atoms with E-state index in [9.17, 15) is 23.7 Å². The minimum absolute atomic E-state index is 0.337. The molecule has 1 aliphatic carbocycles. The zero-order valence-corrected chi connectivity index (χ0v) is 14.2. The third-order valence-electron chi connectivity index (χ3n) is 4.11. The highest BCUT2D eigenvalue weighted by Gasteiger charge is 2.46. The van der Waals surface area contributed by atoms with Crippen LogP contribution in [0.5, 0.6) is 0 Å². The van der Waals surface area contributed by atoms with E-state index in [0.29, 0.717) is 5.25 Å². The van der Waals surface area contributed by atoms with Crippen molar-refractivity contribution in [2.45, 2.75) is 67.1 Å². The number of thioether (sulfide) groups is 1. The number of aliphatic hydroxyl groups excluding tert-OH is 3. The standard InChI is InChI=1S/C13H25NO6S2/c1-22(18,19)14-10-12(17)11(16)9(7-15)20-13(10)21-8-5-3-2-4-6-8/h8-17H,2-7H2,1H3/t9-,10-,11-,12-,13-/m1/s1. The third kappa shape index (κ3) is 4.80. The summed E-state index contributed by atoms with van der Waals surface area (Å²) in [6.07, 6.45) is 2.97. The van der Waals surface area contributed by atoms with Gasteiger partial charge in [0.2, 0.25) is 10.0 Å². The molecule has 0 aromatic rings. The van der Waals surface area contributed by atoms with Gasteiger partial charge in [-0.2, -0.15) is 0 Å². The molecule has 0 bridgehead atoms. The quantitative estimate of drug-likeness (QED) is 0.521. The van der Waals surface area contributed by atoms with Gasteiger partial charge in [-0.1, -0.05) is 19.3 Å². The fraction of sp³-hybridized carbons (Fsp3) is 1.00. The zero-order valence-electron chi connectivity index (χ0n) is 12.6. The fourth-order valence-corrected chi connectivity index (χ4v) is 5.40. The molecule has 0 amide bonds. The van der Waals surface area contributed by atoms with Crippen molar-refractivity contribution in [2.75, 3.05) is 12.9 Å². The van der Waals surface area contributed by atoms with Gasteiger partial charge in [-0.15, -0.1) is 11.8 Å². The molecule has 1 saturated carbocycles. The molecule has 0 spiro atoms. The predicted molar refractivity (Wildman–Crippen MR) is 84.0 cm³/mol. The summed E-state index contributed by atoms with van der Waals surface area (Å²) < 4.78 is 31.1. The topological polar surface area (TPSA) is 116 Å². The number of nitrogens with one attached hydrogen (secondary N) is 1. The SMILES string of the molecule is CS(=O)(=O)N[C@@H]1[C@@H](O)[C@H](O)[C@@H](CO)O[C@@H]1SC1CCCCC1. The average molecular weight is 355 g/mol. The summed E-state index contributed by atoms with van der Waals surface area (Å²) in [4.78, 5) is 0. The van der Waals surface area contributed by atoms with E-state index in [2.05, 4.69) is 4.72 Å². The van der Waals surface area contributed by atoms with Crippen molar-refractivity contribution in [3.63, 3.8) is 0 Å². The van der Waals surface area contributed by atoms with E-state index in [1.807, 2.05) is 0 Å². The Labute approximate surface area is 135 Å². The Balaban J connectivity index is 2.12. The van der Waals surface area contributed by atoms with E-state index in [0.717, 1.165) is 31.9 Å². The molecule has 0 aromatic heterocycles. The summed E-state index contributed by atoms with van der Waals surface area (Å²) >= 11 is 1.48. The molecule has 4 N–H and O–H groups in total. The minimum atomic E-state index is -3.55. The maximum absolute atomic E-state index is 11.5. The summed E-state index contributed by atoms with van der Waals surface area (Å²) in [5, 5.41) is 29.8. The summed E-state index contributed by atoms with van der Waals surface area (Å²) in [5.74, 6) is 0. The van der Waals surface area contributed by atoms with Crippen LogP contribution in [0.25, 0.3) is 0 Å². The van der Waals surface area contributed by atoms with Gasteiger partial charge in [0.05, 0.1) is 18.9 Å². The lowest BCUT2D eigenvalue weighted by molar-refractivity contribution is -0.168. The number of ether oxygens (including phenoxy) is 1. The molecular formula is C13H25NO6S2. The minimum Gasteiger partial charge on any atom is -0.394 e. The van der Waals surface area contributed by atoms with Crippen molar-refractivity contribution in [2.24, 2.45) is 0 Å². The molecule has 1 saturated heterocycles. The first-order chi connectivity index (χ1) is 10.3. The Kier molecular flexibility index (Phi) is 6.52. The highest BCUT2D eigenvalue weighted by Crippen LogP contribution is 2.36. The molecule has 22 heavy (non-hydrogen) atoms. The highest BCUT2D eigenvalue weighted by molar-refractivity contribution is 8.00. The molecule has 9 heteroatoms. The lowest BCUT2D eigenvalue weighted by Gasteiger charge is -2.43. The average Bonchev–Trinajstić information content (AvgIpc) is 2.46. The molecule has 5 atom stereocenters. The molecule has 0 aromatic carbocycles. The van der Waals surface area contributed by atoms with Crippen LogP contribution in [0, 0.1) is 0 Å². The second kappa shape index (κ2) is 7.78. The van der Waals surface area contributed by atoms with E-state index >= 15 is 0 Å².